The number of amides is 2. The molecule has 5 atom stereocenters. The number of unbranched alkanes of at least 4 members (excludes halogenated alkanes) is 1. The molecule has 3 fully saturated rings. The van der Waals surface area contributed by atoms with Gasteiger partial charge in [-0.3, -0.25) is 9.69 Å². The minimum Gasteiger partial charge on any atom is -0.488 e. The molecule has 55 heavy (non-hydrogen) atoms. The molecule has 3 aromatic carbocycles. The van der Waals surface area contributed by atoms with Gasteiger partial charge in [-0.05, 0) is 109 Å². The number of H-pyrrole nitrogens is 2. The number of carbonyl (C=O) groups excluding carboxylic acids is 2. The molecule has 3 aliphatic heterocycles. The van der Waals surface area contributed by atoms with Crippen molar-refractivity contribution in [3.8, 4) is 39.3 Å². The fourth-order valence-electron chi connectivity index (χ4n) is 9.66. The lowest BCUT2D eigenvalue weighted by Crippen LogP contribution is -2.51. The highest BCUT2D eigenvalue weighted by Gasteiger charge is 2.47. The highest BCUT2D eigenvalue weighted by Crippen LogP contribution is 2.50. The molecule has 1 saturated carbocycles. The summed E-state index contributed by atoms with van der Waals surface area (Å²) in [5, 5.41) is 2.72. The standard InChI is InChI=1S/C44H51N7O4/c1-5-6-17-50-31-13-9-29(20-31)40(50)42-46-34-16-12-26(21-35(34)47-42)27-10-15-33-32-14-11-28(19-30(32)24-55-38(33)22-27)36-23-45-41(48-36)37-8-7-18-51(37)43(52)39(25(2)3)49-44(53)54-4/h10-12,14-16,19,21-23,25,29,31,37,39-40H,5-9,13,17-18,20,24H2,1-4H3,(H,45,48)(H,46,47)(H,49,53)/t29-,31+,37?,39-,40-/m0/s1. The number of benzene rings is 3. The number of fused-ring (bicyclic) bond motifs is 6. The number of hydrogen-bond acceptors (Lipinski definition) is 7. The van der Waals surface area contributed by atoms with Crippen LogP contribution in [0.15, 0.2) is 60.8 Å². The molecular weight excluding hydrogens is 691 g/mol. The molecule has 3 N–H and O–H groups in total. The van der Waals surface area contributed by atoms with E-state index in [0.29, 0.717) is 31.2 Å². The minimum absolute atomic E-state index is 0.0903. The van der Waals surface area contributed by atoms with Crippen LogP contribution in [-0.4, -0.2) is 74.0 Å². The zero-order chi connectivity index (χ0) is 37.8. The Morgan fingerprint density at radius 3 is 2.64 bits per heavy atom. The third-order valence-electron chi connectivity index (χ3n) is 12.5. The van der Waals surface area contributed by atoms with Gasteiger partial charge in [0.25, 0.3) is 0 Å². The number of aromatic nitrogens is 4. The van der Waals surface area contributed by atoms with Gasteiger partial charge in [-0.1, -0.05) is 57.5 Å². The van der Waals surface area contributed by atoms with E-state index in [1.54, 1.807) is 0 Å². The SMILES string of the molecule is CCCCN1[C@@H]2CC[C@@H](C2)[C@H]1c1nc2ccc(-c3ccc4c(c3)OCc3cc(-c5cnc(C6CCCN6C(=O)[C@@H](NC(=O)OC)C(C)C)[nH]5)ccc3-4)cc2[nH]1. The highest BCUT2D eigenvalue weighted by atomic mass is 16.5. The molecule has 2 aromatic heterocycles. The summed E-state index contributed by atoms with van der Waals surface area (Å²) in [6.45, 7) is 8.36. The molecule has 1 unspecified atom stereocenters. The first-order chi connectivity index (χ1) is 26.8. The van der Waals surface area contributed by atoms with Crippen molar-refractivity contribution in [3.05, 3.63) is 78.0 Å². The van der Waals surface area contributed by atoms with E-state index >= 15 is 0 Å². The van der Waals surface area contributed by atoms with Gasteiger partial charge in [0.05, 0.1) is 42.1 Å². The van der Waals surface area contributed by atoms with Gasteiger partial charge >= 0.3 is 6.09 Å². The molecular formula is C44H51N7O4. The molecule has 1 aliphatic carbocycles. The summed E-state index contributed by atoms with van der Waals surface area (Å²) in [5.74, 6) is 3.26. The Morgan fingerprint density at radius 1 is 0.982 bits per heavy atom. The summed E-state index contributed by atoms with van der Waals surface area (Å²) in [6, 6.07) is 19.8. The predicted octanol–water partition coefficient (Wildman–Crippen LogP) is 8.55. The van der Waals surface area contributed by atoms with E-state index in [1.165, 1.54) is 39.2 Å². The van der Waals surface area contributed by atoms with Crippen molar-refractivity contribution in [2.45, 2.75) is 96.5 Å². The summed E-state index contributed by atoms with van der Waals surface area (Å²) in [6.07, 6.45) is 9.31. The molecule has 2 bridgehead atoms. The molecule has 2 amide bonds. The molecule has 11 heteroatoms. The quantitative estimate of drug-likeness (QED) is 0.131. The van der Waals surface area contributed by atoms with Gasteiger partial charge < -0.3 is 29.7 Å². The topological polar surface area (TPSA) is 128 Å². The van der Waals surface area contributed by atoms with Crippen molar-refractivity contribution in [2.24, 2.45) is 11.8 Å². The van der Waals surface area contributed by atoms with E-state index in [1.807, 2.05) is 24.9 Å². The number of imidazole rings is 2. The Hall–Kier alpha value is -5.16. The van der Waals surface area contributed by atoms with E-state index in [0.717, 1.165) is 86.9 Å². The smallest absolute Gasteiger partial charge is 0.407 e. The third kappa shape index (κ3) is 6.46. The minimum atomic E-state index is -0.673. The van der Waals surface area contributed by atoms with E-state index in [2.05, 4.69) is 81.7 Å². The summed E-state index contributed by atoms with van der Waals surface area (Å²) in [4.78, 5) is 47.3. The third-order valence-corrected chi connectivity index (χ3v) is 12.5. The molecule has 0 spiro atoms. The second-order valence-electron chi connectivity index (χ2n) is 16.2. The van der Waals surface area contributed by atoms with Gasteiger partial charge in [0.15, 0.2) is 0 Å². The van der Waals surface area contributed by atoms with Crippen molar-refractivity contribution in [1.29, 1.82) is 0 Å². The Labute approximate surface area is 322 Å². The van der Waals surface area contributed by atoms with Crippen LogP contribution in [0.5, 0.6) is 5.75 Å². The number of likely N-dealkylation sites (tertiary alicyclic amines) is 2. The number of methoxy groups -OCH3 is 1. The lowest BCUT2D eigenvalue weighted by molar-refractivity contribution is -0.135. The van der Waals surface area contributed by atoms with Crippen LogP contribution < -0.4 is 10.1 Å². The number of piperidine rings is 1. The molecule has 5 aromatic rings. The number of nitrogens with one attached hydrogen (secondary N) is 3. The fourth-order valence-corrected chi connectivity index (χ4v) is 9.66. The predicted molar refractivity (Wildman–Crippen MR) is 212 cm³/mol. The molecule has 9 rings (SSSR count). The van der Waals surface area contributed by atoms with Crippen LogP contribution in [0.2, 0.25) is 0 Å². The largest absolute Gasteiger partial charge is 0.488 e. The van der Waals surface area contributed by atoms with Crippen LogP contribution in [0.3, 0.4) is 0 Å². The first kappa shape index (κ1) is 35.5. The number of alkyl carbamates (subject to hydrolysis) is 1. The number of carbonyl (C=O) groups is 2. The van der Waals surface area contributed by atoms with Crippen molar-refractivity contribution in [2.75, 3.05) is 20.2 Å². The van der Waals surface area contributed by atoms with Crippen molar-refractivity contribution in [1.82, 2.24) is 35.1 Å². The van der Waals surface area contributed by atoms with Gasteiger partial charge in [-0.25, -0.2) is 14.8 Å². The number of aromatic amines is 2. The lowest BCUT2D eigenvalue weighted by Gasteiger charge is -2.34. The van der Waals surface area contributed by atoms with E-state index in [9.17, 15) is 9.59 Å². The summed E-state index contributed by atoms with van der Waals surface area (Å²) >= 11 is 0. The molecule has 5 heterocycles. The van der Waals surface area contributed by atoms with Crippen molar-refractivity contribution < 1.29 is 19.1 Å². The average molecular weight is 742 g/mol. The van der Waals surface area contributed by atoms with Crippen LogP contribution >= 0.6 is 0 Å². The maximum absolute atomic E-state index is 13.6. The monoisotopic (exact) mass is 741 g/mol. The Kier molecular flexibility index (Phi) is 9.36. The summed E-state index contributed by atoms with van der Waals surface area (Å²) in [7, 11) is 1.31. The molecule has 0 radical (unpaired) electrons. The van der Waals surface area contributed by atoms with E-state index < -0.39 is 12.1 Å². The second kappa shape index (κ2) is 14.5. The number of hydrogen-bond donors (Lipinski definition) is 3. The van der Waals surface area contributed by atoms with Gasteiger partial charge in [-0.2, -0.15) is 0 Å². The van der Waals surface area contributed by atoms with Crippen molar-refractivity contribution >= 4 is 23.0 Å². The molecule has 286 valence electrons. The lowest BCUT2D eigenvalue weighted by atomic mass is 9.92. The molecule has 4 aliphatic rings. The Morgan fingerprint density at radius 2 is 1.80 bits per heavy atom. The highest BCUT2D eigenvalue weighted by molar-refractivity contribution is 5.87. The van der Waals surface area contributed by atoms with Crippen LogP contribution in [0.25, 0.3) is 44.5 Å². The number of rotatable bonds is 10. The maximum atomic E-state index is 13.6. The van der Waals surface area contributed by atoms with E-state index in [4.69, 9.17) is 19.4 Å². The van der Waals surface area contributed by atoms with Crippen LogP contribution in [-0.2, 0) is 16.1 Å². The Balaban J connectivity index is 0.920. The van der Waals surface area contributed by atoms with Crippen LogP contribution in [0.4, 0.5) is 4.79 Å². The molecule has 11 nitrogen and oxygen atoms in total. The Bertz CT molecular complexity index is 2240. The van der Waals surface area contributed by atoms with Crippen LogP contribution in [0, 0.1) is 11.8 Å². The average Bonchev–Trinajstić information content (AvgIpc) is 4.06. The van der Waals surface area contributed by atoms with Crippen LogP contribution in [0.1, 0.15) is 95.0 Å². The van der Waals surface area contributed by atoms with Gasteiger partial charge in [0.2, 0.25) is 5.91 Å². The van der Waals surface area contributed by atoms with Gasteiger partial charge in [0, 0.05) is 18.2 Å². The maximum Gasteiger partial charge on any atom is 0.407 e. The van der Waals surface area contributed by atoms with Gasteiger partial charge in [0.1, 0.15) is 30.0 Å². The number of ether oxygens (including phenoxy) is 2. The normalized spacial score (nSPS) is 22.2. The summed E-state index contributed by atoms with van der Waals surface area (Å²) < 4.78 is 11.2. The molecule has 2 saturated heterocycles. The zero-order valence-corrected chi connectivity index (χ0v) is 32.2. The first-order valence-corrected chi connectivity index (χ1v) is 20.2. The van der Waals surface area contributed by atoms with Crippen molar-refractivity contribution in [3.63, 3.8) is 0 Å². The van der Waals surface area contributed by atoms with E-state index in [-0.39, 0.29) is 17.9 Å². The number of nitrogens with zero attached hydrogens (tertiary/aromatic N) is 4. The zero-order valence-electron chi connectivity index (χ0n) is 32.2. The summed E-state index contributed by atoms with van der Waals surface area (Å²) in [5.41, 5.74) is 9.63. The second-order valence-corrected chi connectivity index (χ2v) is 16.2. The first-order valence-electron chi connectivity index (χ1n) is 20.2. The van der Waals surface area contributed by atoms with Gasteiger partial charge in [-0.15, -0.1) is 0 Å². The fraction of sp³-hybridized carbons (Fsp3) is 0.455.